The van der Waals surface area contributed by atoms with Crippen LogP contribution in [0.4, 0.5) is 9.52 Å². The summed E-state index contributed by atoms with van der Waals surface area (Å²) in [5.41, 5.74) is 1.25. The zero-order chi connectivity index (χ0) is 24.3. The average Bonchev–Trinajstić information content (AvgIpc) is 3.41. The van der Waals surface area contributed by atoms with Crippen LogP contribution in [-0.2, 0) is 0 Å². The normalized spacial score (nSPS) is 15.1. The second-order valence-electron chi connectivity index (χ2n) is 7.96. The van der Waals surface area contributed by atoms with Crippen molar-refractivity contribution >= 4 is 43.6 Å². The van der Waals surface area contributed by atoms with Crippen molar-refractivity contribution in [2.24, 2.45) is 0 Å². The second-order valence-corrected chi connectivity index (χ2v) is 8.97. The predicted octanol–water partition coefficient (Wildman–Crippen LogP) is 5.31. The molecule has 0 saturated carbocycles. The SMILES string of the molecule is COc1ccc(OC)c([C@H]2c3c(oc4ccccc4c3=O)C(=O)N2c2nc3ccc(F)cc3s2)c1. The Labute approximate surface area is 202 Å². The lowest BCUT2D eigenvalue weighted by Crippen LogP contribution is -2.29. The number of hydrogen-bond acceptors (Lipinski definition) is 7. The van der Waals surface area contributed by atoms with Crippen molar-refractivity contribution in [3.63, 3.8) is 0 Å². The number of thiazole rings is 1. The molecule has 3 aromatic carbocycles. The first-order valence-electron chi connectivity index (χ1n) is 10.7. The predicted molar refractivity (Wildman–Crippen MR) is 130 cm³/mol. The number of hydrogen-bond donors (Lipinski definition) is 0. The van der Waals surface area contributed by atoms with Crippen LogP contribution in [-0.4, -0.2) is 25.1 Å². The Kier molecular flexibility index (Phi) is 4.82. The molecule has 0 saturated heterocycles. The Morgan fingerprint density at radius 3 is 2.66 bits per heavy atom. The first kappa shape index (κ1) is 21.3. The molecule has 9 heteroatoms. The van der Waals surface area contributed by atoms with Crippen molar-refractivity contribution in [2.45, 2.75) is 6.04 Å². The lowest BCUT2D eigenvalue weighted by molar-refractivity contribution is 0.0971. The Balaban J connectivity index is 1.67. The van der Waals surface area contributed by atoms with Crippen molar-refractivity contribution in [1.29, 1.82) is 0 Å². The number of fused-ring (bicyclic) bond motifs is 3. The van der Waals surface area contributed by atoms with Gasteiger partial charge in [0, 0.05) is 5.56 Å². The molecule has 1 aliphatic rings. The standard InChI is InChI=1S/C26H17FN2O5S/c1-32-14-8-10-18(33-2)16(12-14)22-21-23(30)15-5-3-4-6-19(15)34-24(21)25(31)29(22)26-28-17-9-7-13(27)11-20(17)35-26/h3-12,22H,1-2H3/t22-/m0/s1. The van der Waals surface area contributed by atoms with Gasteiger partial charge in [-0.25, -0.2) is 9.37 Å². The molecule has 35 heavy (non-hydrogen) atoms. The molecule has 0 radical (unpaired) electrons. The van der Waals surface area contributed by atoms with Crippen LogP contribution in [0.2, 0.25) is 0 Å². The van der Waals surface area contributed by atoms with Gasteiger partial charge in [0.25, 0.3) is 5.91 Å². The minimum atomic E-state index is -0.895. The third kappa shape index (κ3) is 3.19. The largest absolute Gasteiger partial charge is 0.497 e. The van der Waals surface area contributed by atoms with Crippen LogP contribution in [0.25, 0.3) is 21.2 Å². The topological polar surface area (TPSA) is 81.9 Å². The van der Waals surface area contributed by atoms with Crippen molar-refractivity contribution in [3.8, 4) is 11.5 Å². The third-order valence-electron chi connectivity index (χ3n) is 6.05. The summed E-state index contributed by atoms with van der Waals surface area (Å²) in [7, 11) is 3.04. The number of halogens is 1. The summed E-state index contributed by atoms with van der Waals surface area (Å²) in [4.78, 5) is 33.5. The smallest absolute Gasteiger partial charge is 0.297 e. The molecule has 1 aliphatic heterocycles. The summed E-state index contributed by atoms with van der Waals surface area (Å²) in [6, 6.07) is 15.3. The number of carbonyl (C=O) groups is 1. The molecule has 7 nitrogen and oxygen atoms in total. The molecule has 0 fully saturated rings. The highest BCUT2D eigenvalue weighted by Crippen LogP contribution is 2.46. The quantitative estimate of drug-likeness (QED) is 0.341. The Bertz CT molecular complexity index is 1710. The van der Waals surface area contributed by atoms with E-state index in [-0.39, 0.29) is 16.8 Å². The summed E-state index contributed by atoms with van der Waals surface area (Å²) in [6.45, 7) is 0. The van der Waals surface area contributed by atoms with Crippen molar-refractivity contribution < 1.29 is 23.1 Å². The lowest BCUT2D eigenvalue weighted by Gasteiger charge is -2.24. The van der Waals surface area contributed by atoms with E-state index in [0.717, 1.165) is 11.3 Å². The minimum absolute atomic E-state index is 0.0611. The van der Waals surface area contributed by atoms with E-state index in [4.69, 9.17) is 13.9 Å². The molecule has 0 bridgehead atoms. The monoisotopic (exact) mass is 488 g/mol. The third-order valence-corrected chi connectivity index (χ3v) is 7.07. The highest BCUT2D eigenvalue weighted by molar-refractivity contribution is 7.22. The van der Waals surface area contributed by atoms with E-state index >= 15 is 0 Å². The van der Waals surface area contributed by atoms with Crippen LogP contribution in [0, 0.1) is 5.82 Å². The summed E-state index contributed by atoms with van der Waals surface area (Å²) in [6.07, 6.45) is 0. The number of para-hydroxylation sites is 1. The first-order chi connectivity index (χ1) is 17.0. The van der Waals surface area contributed by atoms with E-state index in [0.29, 0.717) is 43.4 Å². The number of carbonyl (C=O) groups excluding carboxylic acids is 1. The van der Waals surface area contributed by atoms with Crippen LogP contribution in [0.5, 0.6) is 11.5 Å². The Morgan fingerprint density at radius 2 is 1.86 bits per heavy atom. The molecule has 1 amide bonds. The van der Waals surface area contributed by atoms with Gasteiger partial charge < -0.3 is 13.9 Å². The van der Waals surface area contributed by atoms with Crippen molar-refractivity contribution in [3.05, 3.63) is 93.6 Å². The molecule has 174 valence electrons. The number of ether oxygens (including phenoxy) is 2. The molecule has 0 N–H and O–H groups in total. The van der Waals surface area contributed by atoms with Crippen molar-refractivity contribution in [2.75, 3.05) is 19.1 Å². The number of rotatable bonds is 4. The first-order valence-corrected chi connectivity index (χ1v) is 11.5. The van der Waals surface area contributed by atoms with Crippen molar-refractivity contribution in [1.82, 2.24) is 4.98 Å². The minimum Gasteiger partial charge on any atom is -0.497 e. The molecule has 3 heterocycles. The fourth-order valence-corrected chi connectivity index (χ4v) is 5.47. The van der Waals surface area contributed by atoms with Gasteiger partial charge in [0.05, 0.1) is 35.4 Å². The van der Waals surface area contributed by atoms with Gasteiger partial charge in [0.1, 0.15) is 28.9 Å². The molecule has 0 unspecified atom stereocenters. The maximum Gasteiger partial charge on any atom is 0.297 e. The van der Waals surface area contributed by atoms with Crippen LogP contribution in [0.1, 0.15) is 27.7 Å². The van der Waals surface area contributed by atoms with Crippen LogP contribution in [0.15, 0.2) is 69.9 Å². The van der Waals surface area contributed by atoms with Gasteiger partial charge >= 0.3 is 0 Å². The Hall–Kier alpha value is -4.24. The van der Waals surface area contributed by atoms with E-state index < -0.39 is 17.8 Å². The molecule has 2 aromatic heterocycles. The van der Waals surface area contributed by atoms with E-state index in [1.165, 1.54) is 31.3 Å². The molecule has 1 atom stereocenters. The van der Waals surface area contributed by atoms with Gasteiger partial charge in [0.15, 0.2) is 10.6 Å². The summed E-state index contributed by atoms with van der Waals surface area (Å²) >= 11 is 1.15. The highest BCUT2D eigenvalue weighted by atomic mass is 32.1. The summed E-state index contributed by atoms with van der Waals surface area (Å²) < 4.78 is 31.4. The maximum absolute atomic E-state index is 13.9. The van der Waals surface area contributed by atoms with Gasteiger partial charge in [-0.1, -0.05) is 23.5 Å². The highest BCUT2D eigenvalue weighted by Gasteiger charge is 2.46. The average molecular weight is 488 g/mol. The fraction of sp³-hybridized carbons (Fsp3) is 0.115. The zero-order valence-electron chi connectivity index (χ0n) is 18.6. The maximum atomic E-state index is 13.9. The van der Waals surface area contributed by atoms with Crippen LogP contribution < -0.4 is 19.8 Å². The Morgan fingerprint density at radius 1 is 1.03 bits per heavy atom. The van der Waals surface area contributed by atoms with Gasteiger partial charge in [-0.15, -0.1) is 0 Å². The van der Waals surface area contributed by atoms with Gasteiger partial charge in [-0.2, -0.15) is 0 Å². The van der Waals surface area contributed by atoms with Gasteiger partial charge in [-0.3, -0.25) is 14.5 Å². The van der Waals surface area contributed by atoms with E-state index in [1.54, 1.807) is 48.5 Å². The fourth-order valence-electron chi connectivity index (χ4n) is 4.45. The molecule has 6 rings (SSSR count). The molecular formula is C26H17FN2O5S. The zero-order valence-corrected chi connectivity index (χ0v) is 19.4. The number of benzene rings is 3. The van der Waals surface area contributed by atoms with E-state index in [1.807, 2.05) is 0 Å². The number of methoxy groups -OCH3 is 2. The number of nitrogens with zero attached hydrogens (tertiary/aromatic N) is 2. The molecule has 0 spiro atoms. The number of aromatic nitrogens is 1. The van der Waals surface area contributed by atoms with Gasteiger partial charge in [0.2, 0.25) is 5.76 Å². The number of amides is 1. The van der Waals surface area contributed by atoms with Crippen LogP contribution in [0.3, 0.4) is 0 Å². The van der Waals surface area contributed by atoms with Crippen LogP contribution >= 0.6 is 11.3 Å². The molecule has 5 aromatic rings. The second kappa shape index (κ2) is 7.92. The number of anilines is 1. The summed E-state index contributed by atoms with van der Waals surface area (Å²) in [5, 5.41) is 0.666. The van der Waals surface area contributed by atoms with E-state index in [2.05, 4.69) is 4.98 Å². The summed E-state index contributed by atoms with van der Waals surface area (Å²) in [5.74, 6) is 0.00321. The lowest BCUT2D eigenvalue weighted by atomic mass is 9.97. The van der Waals surface area contributed by atoms with Gasteiger partial charge in [-0.05, 0) is 48.5 Å². The van der Waals surface area contributed by atoms with E-state index in [9.17, 15) is 14.0 Å². The molecular weight excluding hydrogens is 471 g/mol. The molecule has 0 aliphatic carbocycles.